The molecule has 20 heavy (non-hydrogen) atoms. The monoisotopic (exact) mass is 290 g/mol. The van der Waals surface area contributed by atoms with Gasteiger partial charge in [-0.15, -0.1) is 0 Å². The Balaban J connectivity index is 2.45. The van der Waals surface area contributed by atoms with Crippen LogP contribution < -0.4 is 4.74 Å². The minimum atomic E-state index is -0.710. The topological polar surface area (TPSA) is 29.5 Å². The molecular formula is C17H19ClO2. The molecule has 0 amide bonds. The maximum Gasteiger partial charge on any atom is 0.124 e. The normalized spacial score (nSPS) is 13.1. The molecule has 2 aromatic rings. The number of hydrogen-bond donors (Lipinski definition) is 1. The van der Waals surface area contributed by atoms with E-state index in [9.17, 15) is 5.11 Å². The Bertz CT molecular complexity index is 579. The number of halogens is 1. The SMILES string of the molecule is COc1ccc(Cl)cc1C(O)C(C)(C)c1ccccc1. The molecule has 2 rings (SSSR count). The highest BCUT2D eigenvalue weighted by atomic mass is 35.5. The molecule has 0 saturated carbocycles. The molecule has 0 saturated heterocycles. The molecule has 2 nitrogen and oxygen atoms in total. The van der Waals surface area contributed by atoms with Gasteiger partial charge in [-0.1, -0.05) is 55.8 Å². The van der Waals surface area contributed by atoms with Gasteiger partial charge in [0, 0.05) is 16.0 Å². The van der Waals surface area contributed by atoms with Crippen LogP contribution in [0.1, 0.15) is 31.1 Å². The average Bonchev–Trinajstić information content (AvgIpc) is 2.47. The molecule has 0 spiro atoms. The van der Waals surface area contributed by atoms with E-state index in [4.69, 9.17) is 16.3 Å². The van der Waals surface area contributed by atoms with E-state index in [1.165, 1.54) is 0 Å². The molecule has 0 bridgehead atoms. The summed E-state index contributed by atoms with van der Waals surface area (Å²) >= 11 is 6.05. The molecule has 1 N–H and O–H groups in total. The molecule has 0 radical (unpaired) electrons. The Kier molecular flexibility index (Phi) is 4.36. The van der Waals surface area contributed by atoms with Crippen LogP contribution in [-0.4, -0.2) is 12.2 Å². The van der Waals surface area contributed by atoms with E-state index in [2.05, 4.69) is 0 Å². The van der Waals surface area contributed by atoms with Crippen LogP contribution in [0.5, 0.6) is 5.75 Å². The fourth-order valence-electron chi connectivity index (χ4n) is 2.33. The number of aliphatic hydroxyl groups excluding tert-OH is 1. The Labute approximate surface area is 125 Å². The maximum absolute atomic E-state index is 10.8. The van der Waals surface area contributed by atoms with Crippen LogP contribution >= 0.6 is 11.6 Å². The molecule has 0 fully saturated rings. The van der Waals surface area contributed by atoms with Gasteiger partial charge in [0.1, 0.15) is 5.75 Å². The van der Waals surface area contributed by atoms with Crippen LogP contribution in [0, 0.1) is 0 Å². The summed E-state index contributed by atoms with van der Waals surface area (Å²) in [6.45, 7) is 4.01. The zero-order valence-electron chi connectivity index (χ0n) is 11.9. The second kappa shape index (κ2) is 5.86. The number of rotatable bonds is 4. The average molecular weight is 291 g/mol. The third-order valence-electron chi connectivity index (χ3n) is 3.69. The summed E-state index contributed by atoms with van der Waals surface area (Å²) < 4.78 is 5.33. The predicted molar refractivity (Wildman–Crippen MR) is 82.4 cm³/mol. The third kappa shape index (κ3) is 2.82. The summed E-state index contributed by atoms with van der Waals surface area (Å²) in [6.07, 6.45) is -0.710. The van der Waals surface area contributed by atoms with Gasteiger partial charge in [-0.05, 0) is 23.8 Å². The number of benzene rings is 2. The molecular weight excluding hydrogens is 272 g/mol. The third-order valence-corrected chi connectivity index (χ3v) is 3.92. The van der Waals surface area contributed by atoms with Crippen molar-refractivity contribution in [2.24, 2.45) is 0 Å². The summed E-state index contributed by atoms with van der Waals surface area (Å²) in [5.41, 5.74) is 1.32. The van der Waals surface area contributed by atoms with Gasteiger partial charge >= 0.3 is 0 Å². The molecule has 2 aromatic carbocycles. The first kappa shape index (κ1) is 14.9. The van der Waals surface area contributed by atoms with Gasteiger partial charge in [-0.25, -0.2) is 0 Å². The smallest absolute Gasteiger partial charge is 0.124 e. The Morgan fingerprint density at radius 1 is 1.10 bits per heavy atom. The maximum atomic E-state index is 10.8. The predicted octanol–water partition coefficient (Wildman–Crippen LogP) is 4.36. The first-order valence-corrected chi connectivity index (χ1v) is 6.91. The molecule has 0 aliphatic rings. The van der Waals surface area contributed by atoms with E-state index in [-0.39, 0.29) is 0 Å². The van der Waals surface area contributed by atoms with Gasteiger partial charge in [-0.2, -0.15) is 0 Å². The summed E-state index contributed by atoms with van der Waals surface area (Å²) in [5.74, 6) is 0.644. The van der Waals surface area contributed by atoms with Crippen molar-refractivity contribution in [2.45, 2.75) is 25.4 Å². The minimum Gasteiger partial charge on any atom is -0.496 e. The quantitative estimate of drug-likeness (QED) is 0.906. The van der Waals surface area contributed by atoms with Crippen LogP contribution in [0.15, 0.2) is 48.5 Å². The first-order chi connectivity index (χ1) is 9.46. The minimum absolute atomic E-state index is 0.445. The largest absolute Gasteiger partial charge is 0.496 e. The summed E-state index contributed by atoms with van der Waals surface area (Å²) in [5, 5.41) is 11.4. The van der Waals surface area contributed by atoms with Gasteiger partial charge in [0.05, 0.1) is 13.2 Å². The summed E-state index contributed by atoms with van der Waals surface area (Å²) in [7, 11) is 1.59. The molecule has 1 atom stereocenters. The number of aliphatic hydroxyl groups is 1. The highest BCUT2D eigenvalue weighted by molar-refractivity contribution is 6.30. The molecule has 1 unspecified atom stereocenters. The number of methoxy groups -OCH3 is 1. The van der Waals surface area contributed by atoms with Crippen LogP contribution in [0.2, 0.25) is 5.02 Å². The Morgan fingerprint density at radius 3 is 2.35 bits per heavy atom. The van der Waals surface area contributed by atoms with E-state index in [0.717, 1.165) is 5.56 Å². The molecule has 0 heterocycles. The molecule has 3 heteroatoms. The van der Waals surface area contributed by atoms with Crippen LogP contribution in [0.4, 0.5) is 0 Å². The van der Waals surface area contributed by atoms with Crippen molar-refractivity contribution in [3.8, 4) is 5.75 Å². The van der Waals surface area contributed by atoms with Crippen molar-refractivity contribution in [3.05, 3.63) is 64.7 Å². The Hall–Kier alpha value is -1.51. The second-order valence-corrected chi connectivity index (χ2v) is 5.81. The van der Waals surface area contributed by atoms with Gasteiger partial charge < -0.3 is 9.84 Å². The van der Waals surface area contributed by atoms with Crippen LogP contribution in [0.3, 0.4) is 0 Å². The lowest BCUT2D eigenvalue weighted by Crippen LogP contribution is -2.27. The van der Waals surface area contributed by atoms with Crippen molar-refractivity contribution < 1.29 is 9.84 Å². The van der Waals surface area contributed by atoms with Crippen molar-refractivity contribution >= 4 is 11.6 Å². The zero-order valence-corrected chi connectivity index (χ0v) is 12.7. The van der Waals surface area contributed by atoms with Crippen molar-refractivity contribution in [3.63, 3.8) is 0 Å². The van der Waals surface area contributed by atoms with Gasteiger partial charge in [-0.3, -0.25) is 0 Å². The van der Waals surface area contributed by atoms with Crippen molar-refractivity contribution in [1.29, 1.82) is 0 Å². The lowest BCUT2D eigenvalue weighted by Gasteiger charge is -2.32. The van der Waals surface area contributed by atoms with E-state index in [1.807, 2.05) is 44.2 Å². The lowest BCUT2D eigenvalue weighted by atomic mass is 9.76. The van der Waals surface area contributed by atoms with E-state index in [1.54, 1.807) is 25.3 Å². The van der Waals surface area contributed by atoms with Crippen LogP contribution in [0.25, 0.3) is 0 Å². The fourth-order valence-corrected chi connectivity index (χ4v) is 2.51. The zero-order chi connectivity index (χ0) is 14.8. The molecule has 106 valence electrons. The standard InChI is InChI=1S/C17H19ClO2/c1-17(2,12-7-5-4-6-8-12)16(19)14-11-13(18)9-10-15(14)20-3/h4-11,16,19H,1-3H3. The number of hydrogen-bond acceptors (Lipinski definition) is 2. The Morgan fingerprint density at radius 2 is 1.75 bits per heavy atom. The van der Waals surface area contributed by atoms with Gasteiger partial charge in [0.2, 0.25) is 0 Å². The molecule has 0 aliphatic heterocycles. The van der Waals surface area contributed by atoms with Crippen LogP contribution in [-0.2, 0) is 5.41 Å². The highest BCUT2D eigenvalue weighted by Crippen LogP contribution is 2.40. The van der Waals surface area contributed by atoms with Gasteiger partial charge in [0.15, 0.2) is 0 Å². The molecule has 0 aliphatic carbocycles. The second-order valence-electron chi connectivity index (χ2n) is 5.38. The fraction of sp³-hybridized carbons (Fsp3) is 0.294. The van der Waals surface area contributed by atoms with Gasteiger partial charge in [0.25, 0.3) is 0 Å². The first-order valence-electron chi connectivity index (χ1n) is 6.54. The molecule has 0 aromatic heterocycles. The lowest BCUT2D eigenvalue weighted by molar-refractivity contribution is 0.0974. The summed E-state index contributed by atoms with van der Waals surface area (Å²) in [6, 6.07) is 15.2. The van der Waals surface area contributed by atoms with Crippen molar-refractivity contribution in [2.75, 3.05) is 7.11 Å². The van der Waals surface area contributed by atoms with E-state index in [0.29, 0.717) is 16.3 Å². The van der Waals surface area contributed by atoms with E-state index >= 15 is 0 Å². The number of ether oxygens (including phenoxy) is 1. The van der Waals surface area contributed by atoms with E-state index < -0.39 is 11.5 Å². The van der Waals surface area contributed by atoms with Crippen molar-refractivity contribution in [1.82, 2.24) is 0 Å². The summed E-state index contributed by atoms with van der Waals surface area (Å²) in [4.78, 5) is 0. The highest BCUT2D eigenvalue weighted by Gasteiger charge is 2.32.